The minimum absolute atomic E-state index is 0.141. The van der Waals surface area contributed by atoms with Crippen LogP contribution in [0.1, 0.15) is 38.5 Å². The smallest absolute Gasteiger partial charge is 0.211 e. The first-order chi connectivity index (χ1) is 7.33. The molecule has 0 aromatic rings. The largest absolute Gasteiger partial charge is 0.235 e. The van der Waals surface area contributed by atoms with E-state index in [-0.39, 0.29) is 6.04 Å². The van der Waals surface area contributed by atoms with Crippen LogP contribution < -0.4 is 0 Å². The zero-order valence-electron chi connectivity index (χ0n) is 8.61. The second-order valence-corrected chi connectivity index (χ2v) is 4.45. The topological polar surface area (TPSA) is 58.9 Å². The molecule has 0 saturated heterocycles. The monoisotopic (exact) mass is 206 g/mol. The lowest BCUT2D eigenvalue weighted by molar-refractivity contribution is 0.195. The van der Waals surface area contributed by atoms with Crippen LogP contribution in [0.15, 0.2) is 9.98 Å². The molecule has 0 bridgehead atoms. The van der Waals surface area contributed by atoms with E-state index in [1.807, 2.05) is 0 Å². The summed E-state index contributed by atoms with van der Waals surface area (Å²) in [5, 5.41) is 0. The average Bonchev–Trinajstić information content (AvgIpc) is 2.64. The van der Waals surface area contributed by atoms with Crippen molar-refractivity contribution < 1.29 is 9.59 Å². The Balaban J connectivity index is 2.37. The molecule has 0 spiro atoms. The molecule has 0 aromatic carbocycles. The summed E-state index contributed by atoms with van der Waals surface area (Å²) in [7, 11) is 0. The Morgan fingerprint density at radius 2 is 1.87 bits per heavy atom. The summed E-state index contributed by atoms with van der Waals surface area (Å²) in [6.07, 6.45) is 9.32. The van der Waals surface area contributed by atoms with Gasteiger partial charge in [0.05, 0.1) is 11.6 Å². The van der Waals surface area contributed by atoms with E-state index in [0.717, 1.165) is 38.5 Å². The molecule has 0 amide bonds. The maximum Gasteiger partial charge on any atom is 0.235 e. The highest BCUT2D eigenvalue weighted by Gasteiger charge is 2.51. The molecule has 0 N–H and O–H groups in total. The Morgan fingerprint density at radius 3 is 2.60 bits per heavy atom. The number of hydrogen-bond acceptors (Lipinski definition) is 4. The van der Waals surface area contributed by atoms with Crippen LogP contribution in [0.3, 0.4) is 0 Å². The van der Waals surface area contributed by atoms with E-state index in [1.54, 1.807) is 12.2 Å². The summed E-state index contributed by atoms with van der Waals surface area (Å²) in [5.74, 6) is 0.412. The van der Waals surface area contributed by atoms with Crippen LogP contribution in [0.4, 0.5) is 0 Å². The van der Waals surface area contributed by atoms with Crippen LogP contribution in [-0.2, 0) is 9.59 Å². The number of nitrogens with zero attached hydrogens (tertiary/aromatic N) is 2. The average molecular weight is 206 g/mol. The van der Waals surface area contributed by atoms with E-state index in [2.05, 4.69) is 9.98 Å². The van der Waals surface area contributed by atoms with Gasteiger partial charge in [-0.2, -0.15) is 9.98 Å². The van der Waals surface area contributed by atoms with Gasteiger partial charge in [0.1, 0.15) is 0 Å². The van der Waals surface area contributed by atoms with Gasteiger partial charge >= 0.3 is 0 Å². The number of rotatable bonds is 2. The summed E-state index contributed by atoms with van der Waals surface area (Å²) in [6.45, 7) is 0. The Morgan fingerprint density at radius 1 is 1.07 bits per heavy atom. The maximum absolute atomic E-state index is 10.5. The molecule has 0 aromatic heterocycles. The molecule has 0 radical (unpaired) electrons. The van der Waals surface area contributed by atoms with Gasteiger partial charge in [-0.25, -0.2) is 9.59 Å². The van der Waals surface area contributed by atoms with Crippen LogP contribution in [0, 0.1) is 5.92 Å². The molecule has 0 heterocycles. The van der Waals surface area contributed by atoms with Gasteiger partial charge in [0.2, 0.25) is 12.2 Å². The molecule has 2 fully saturated rings. The Labute approximate surface area is 88.5 Å². The van der Waals surface area contributed by atoms with Gasteiger partial charge in [0, 0.05) is 0 Å². The van der Waals surface area contributed by atoms with Crippen LogP contribution in [0.5, 0.6) is 0 Å². The molecule has 15 heavy (non-hydrogen) atoms. The standard InChI is InChI=1S/C11H14N2O2/c14-7-12-10-5-1-3-9-4-2-6-11(9,10)13-8-15/h9-10H,1-6H2. The molecule has 3 unspecified atom stereocenters. The van der Waals surface area contributed by atoms with E-state index in [0.29, 0.717) is 5.92 Å². The van der Waals surface area contributed by atoms with Crippen LogP contribution in [0.2, 0.25) is 0 Å². The van der Waals surface area contributed by atoms with Crippen LogP contribution in [-0.4, -0.2) is 23.7 Å². The number of aliphatic imine (C=N–C) groups is 2. The summed E-state index contributed by atoms with van der Waals surface area (Å²) in [6, 6.07) is -0.141. The highest BCUT2D eigenvalue weighted by molar-refractivity contribution is 5.39. The zero-order valence-corrected chi connectivity index (χ0v) is 8.61. The summed E-state index contributed by atoms with van der Waals surface area (Å²) in [5.41, 5.74) is -0.419. The van der Waals surface area contributed by atoms with Crippen molar-refractivity contribution in [1.29, 1.82) is 0 Å². The van der Waals surface area contributed by atoms with Crippen molar-refractivity contribution in [3.05, 3.63) is 0 Å². The number of carbonyl (C=O) groups excluding carboxylic acids is 2. The van der Waals surface area contributed by atoms with E-state index in [4.69, 9.17) is 0 Å². The summed E-state index contributed by atoms with van der Waals surface area (Å²) in [4.78, 5) is 28.7. The molecule has 80 valence electrons. The first-order valence-corrected chi connectivity index (χ1v) is 5.49. The maximum atomic E-state index is 10.5. The SMILES string of the molecule is O=C=NC1CCCC2CCCC21N=C=O. The van der Waals surface area contributed by atoms with E-state index in [9.17, 15) is 9.59 Å². The van der Waals surface area contributed by atoms with Gasteiger partial charge in [-0.05, 0) is 31.6 Å². The van der Waals surface area contributed by atoms with Crippen LogP contribution >= 0.6 is 0 Å². The molecule has 2 aliphatic rings. The van der Waals surface area contributed by atoms with Gasteiger partial charge < -0.3 is 0 Å². The van der Waals surface area contributed by atoms with E-state index in [1.165, 1.54) is 0 Å². The molecule has 4 nitrogen and oxygen atoms in total. The number of hydrogen-bond donors (Lipinski definition) is 0. The predicted octanol–water partition coefficient (Wildman–Crippen LogP) is 1.75. The van der Waals surface area contributed by atoms with Crippen molar-refractivity contribution in [2.24, 2.45) is 15.9 Å². The molecule has 2 saturated carbocycles. The second kappa shape index (κ2) is 4.09. The molecule has 3 atom stereocenters. The number of isocyanates is 2. The zero-order chi connectivity index (χ0) is 10.7. The minimum atomic E-state index is -0.419. The number of fused-ring (bicyclic) bond motifs is 1. The molecular weight excluding hydrogens is 192 g/mol. The second-order valence-electron chi connectivity index (χ2n) is 4.45. The third-order valence-electron chi connectivity index (χ3n) is 3.91. The van der Waals surface area contributed by atoms with Gasteiger partial charge in [-0.15, -0.1) is 0 Å². The molecule has 2 aliphatic carbocycles. The fourth-order valence-electron chi connectivity index (χ4n) is 3.27. The normalized spacial score (nSPS) is 38.7. The lowest BCUT2D eigenvalue weighted by Crippen LogP contribution is -2.45. The summed E-state index contributed by atoms with van der Waals surface area (Å²) < 4.78 is 0. The summed E-state index contributed by atoms with van der Waals surface area (Å²) >= 11 is 0. The lowest BCUT2D eigenvalue weighted by atomic mass is 9.72. The van der Waals surface area contributed by atoms with E-state index >= 15 is 0 Å². The highest BCUT2D eigenvalue weighted by atomic mass is 16.1. The van der Waals surface area contributed by atoms with Crippen molar-refractivity contribution in [3.63, 3.8) is 0 Å². The van der Waals surface area contributed by atoms with Crippen molar-refractivity contribution in [1.82, 2.24) is 0 Å². The molecule has 4 heteroatoms. The van der Waals surface area contributed by atoms with Crippen molar-refractivity contribution >= 4 is 12.2 Å². The van der Waals surface area contributed by atoms with Gasteiger partial charge in [-0.1, -0.05) is 12.8 Å². The quantitative estimate of drug-likeness (QED) is 0.510. The van der Waals surface area contributed by atoms with Crippen molar-refractivity contribution in [2.45, 2.75) is 50.1 Å². The fraction of sp³-hybridized carbons (Fsp3) is 0.818. The minimum Gasteiger partial charge on any atom is -0.211 e. The highest BCUT2D eigenvalue weighted by Crippen LogP contribution is 2.49. The first kappa shape index (κ1) is 10.3. The lowest BCUT2D eigenvalue weighted by Gasteiger charge is -2.39. The molecule has 0 aliphatic heterocycles. The predicted molar refractivity (Wildman–Crippen MR) is 54.0 cm³/mol. The Kier molecular flexibility index (Phi) is 2.81. The Hall–Kier alpha value is -1.24. The third kappa shape index (κ3) is 1.56. The van der Waals surface area contributed by atoms with Crippen molar-refractivity contribution in [3.8, 4) is 0 Å². The first-order valence-electron chi connectivity index (χ1n) is 5.49. The van der Waals surface area contributed by atoms with Gasteiger partial charge in [-0.3, -0.25) is 0 Å². The third-order valence-corrected chi connectivity index (χ3v) is 3.91. The van der Waals surface area contributed by atoms with E-state index < -0.39 is 5.54 Å². The molecule has 2 rings (SSSR count). The Bertz CT molecular complexity index is 342. The van der Waals surface area contributed by atoms with Crippen molar-refractivity contribution in [2.75, 3.05) is 0 Å². The van der Waals surface area contributed by atoms with Gasteiger partial charge in [0.15, 0.2) is 0 Å². The fourth-order valence-corrected chi connectivity index (χ4v) is 3.27. The van der Waals surface area contributed by atoms with Gasteiger partial charge in [0.25, 0.3) is 0 Å². The van der Waals surface area contributed by atoms with Crippen LogP contribution in [0.25, 0.3) is 0 Å². The molecular formula is C11H14N2O2.